The van der Waals surface area contributed by atoms with Crippen LogP contribution in [-0.2, 0) is 11.2 Å². The Kier molecular flexibility index (Phi) is 5.18. The second-order valence-electron chi connectivity index (χ2n) is 6.71. The molecule has 0 spiro atoms. The predicted octanol–water partition coefficient (Wildman–Crippen LogP) is 1.56. The van der Waals surface area contributed by atoms with Crippen LogP contribution in [-0.4, -0.2) is 46.6 Å². The minimum atomic E-state index is 0.0483. The molecule has 3 aromatic rings. The van der Waals surface area contributed by atoms with Gasteiger partial charge in [-0.1, -0.05) is 24.3 Å². The molecule has 0 fully saturated rings. The summed E-state index contributed by atoms with van der Waals surface area (Å²) >= 11 is 0. The number of hydrogen-bond donors (Lipinski definition) is 3. The number of hydrogen-bond acceptors (Lipinski definition) is 4. The van der Waals surface area contributed by atoms with Gasteiger partial charge in [-0.3, -0.25) is 14.2 Å². The molecule has 0 bridgehead atoms. The SMILES string of the molecule is CN=C(NCCc1nnc2ccccn12)NCC1CC(=O)Nc2ccccc21. The highest BCUT2D eigenvalue weighted by Gasteiger charge is 2.24. The van der Waals surface area contributed by atoms with Crippen molar-refractivity contribution in [1.82, 2.24) is 25.2 Å². The standard InChI is InChI=1S/C20H23N7O/c1-21-20(22-10-9-18-26-25-17-8-4-5-11-27(17)18)23-13-14-12-19(28)24-16-7-3-2-6-15(14)16/h2-8,11,14H,9-10,12-13H2,1H3,(H,24,28)(H2,21,22,23). The lowest BCUT2D eigenvalue weighted by molar-refractivity contribution is -0.116. The molecular formula is C20H23N7O. The fourth-order valence-electron chi connectivity index (χ4n) is 3.48. The molecule has 1 amide bonds. The number of nitrogens with zero attached hydrogens (tertiary/aromatic N) is 4. The van der Waals surface area contributed by atoms with Gasteiger partial charge in [0.05, 0.1) is 0 Å². The molecular weight excluding hydrogens is 354 g/mol. The lowest BCUT2D eigenvalue weighted by Gasteiger charge is -2.26. The number of amides is 1. The Hall–Kier alpha value is -3.42. The minimum absolute atomic E-state index is 0.0483. The van der Waals surface area contributed by atoms with E-state index in [0.29, 0.717) is 25.5 Å². The molecule has 28 heavy (non-hydrogen) atoms. The second kappa shape index (κ2) is 8.08. The number of para-hydroxylation sites is 1. The summed E-state index contributed by atoms with van der Waals surface area (Å²) in [4.78, 5) is 16.2. The first-order valence-electron chi connectivity index (χ1n) is 9.36. The highest BCUT2D eigenvalue weighted by Crippen LogP contribution is 2.31. The molecule has 2 aromatic heterocycles. The van der Waals surface area contributed by atoms with Crippen molar-refractivity contribution < 1.29 is 4.79 Å². The molecule has 144 valence electrons. The highest BCUT2D eigenvalue weighted by molar-refractivity contribution is 5.94. The molecule has 8 nitrogen and oxygen atoms in total. The van der Waals surface area contributed by atoms with E-state index in [1.54, 1.807) is 7.05 Å². The van der Waals surface area contributed by atoms with Crippen molar-refractivity contribution in [2.24, 2.45) is 4.99 Å². The topological polar surface area (TPSA) is 95.7 Å². The van der Waals surface area contributed by atoms with Crippen molar-refractivity contribution in [2.75, 3.05) is 25.5 Å². The van der Waals surface area contributed by atoms with Crippen molar-refractivity contribution in [1.29, 1.82) is 0 Å². The fourth-order valence-corrected chi connectivity index (χ4v) is 3.48. The number of rotatable bonds is 5. The van der Waals surface area contributed by atoms with Gasteiger partial charge in [0.1, 0.15) is 5.82 Å². The highest BCUT2D eigenvalue weighted by atomic mass is 16.1. The van der Waals surface area contributed by atoms with Gasteiger partial charge >= 0.3 is 0 Å². The second-order valence-corrected chi connectivity index (χ2v) is 6.71. The van der Waals surface area contributed by atoms with Gasteiger partial charge in [-0.05, 0) is 23.8 Å². The Labute approximate surface area is 163 Å². The maximum Gasteiger partial charge on any atom is 0.225 e. The molecule has 0 aliphatic carbocycles. The number of anilines is 1. The van der Waals surface area contributed by atoms with Gasteiger partial charge in [0.2, 0.25) is 5.91 Å². The molecule has 3 N–H and O–H groups in total. The number of aromatic nitrogens is 3. The number of aliphatic imine (C=N–C) groups is 1. The van der Waals surface area contributed by atoms with E-state index in [9.17, 15) is 4.79 Å². The van der Waals surface area contributed by atoms with Crippen molar-refractivity contribution in [2.45, 2.75) is 18.8 Å². The van der Waals surface area contributed by atoms with E-state index in [0.717, 1.165) is 29.1 Å². The Morgan fingerprint density at radius 3 is 2.96 bits per heavy atom. The van der Waals surface area contributed by atoms with Crippen LogP contribution < -0.4 is 16.0 Å². The maximum absolute atomic E-state index is 12.0. The monoisotopic (exact) mass is 377 g/mol. The summed E-state index contributed by atoms with van der Waals surface area (Å²) in [7, 11) is 1.74. The van der Waals surface area contributed by atoms with E-state index < -0.39 is 0 Å². The fraction of sp³-hybridized carbons (Fsp3) is 0.300. The van der Waals surface area contributed by atoms with Crippen LogP contribution in [0, 0.1) is 0 Å². The van der Waals surface area contributed by atoms with Crippen LogP contribution >= 0.6 is 0 Å². The zero-order valence-electron chi connectivity index (χ0n) is 15.7. The van der Waals surface area contributed by atoms with Crippen LogP contribution in [0.4, 0.5) is 5.69 Å². The summed E-state index contributed by atoms with van der Waals surface area (Å²) in [5.41, 5.74) is 2.89. The van der Waals surface area contributed by atoms with Gasteiger partial charge in [-0.15, -0.1) is 10.2 Å². The molecule has 3 heterocycles. The normalized spacial score (nSPS) is 16.5. The third kappa shape index (κ3) is 3.80. The first-order valence-corrected chi connectivity index (χ1v) is 9.36. The summed E-state index contributed by atoms with van der Waals surface area (Å²) in [5.74, 6) is 1.77. The molecule has 4 rings (SSSR count). The van der Waals surface area contributed by atoms with E-state index in [4.69, 9.17) is 0 Å². The molecule has 1 unspecified atom stereocenters. The Morgan fingerprint density at radius 2 is 2.07 bits per heavy atom. The number of nitrogens with one attached hydrogen (secondary N) is 3. The first kappa shape index (κ1) is 18.0. The minimum Gasteiger partial charge on any atom is -0.356 e. The van der Waals surface area contributed by atoms with Gasteiger partial charge in [0.15, 0.2) is 11.6 Å². The molecule has 1 atom stereocenters. The average molecular weight is 377 g/mol. The largest absolute Gasteiger partial charge is 0.356 e. The number of guanidine groups is 1. The smallest absolute Gasteiger partial charge is 0.225 e. The average Bonchev–Trinajstić information content (AvgIpc) is 3.13. The summed E-state index contributed by atoms with van der Waals surface area (Å²) in [6.07, 6.45) is 3.15. The molecule has 1 aromatic carbocycles. The number of carbonyl (C=O) groups is 1. The third-order valence-electron chi connectivity index (χ3n) is 4.87. The van der Waals surface area contributed by atoms with Gasteiger partial charge < -0.3 is 16.0 Å². The molecule has 0 radical (unpaired) electrons. The molecule has 0 saturated heterocycles. The summed E-state index contributed by atoms with van der Waals surface area (Å²) in [6.45, 7) is 1.31. The third-order valence-corrected chi connectivity index (χ3v) is 4.87. The van der Waals surface area contributed by atoms with Gasteiger partial charge in [0.25, 0.3) is 0 Å². The lowest BCUT2D eigenvalue weighted by Crippen LogP contribution is -2.41. The van der Waals surface area contributed by atoms with Crippen molar-refractivity contribution in [3.8, 4) is 0 Å². The lowest BCUT2D eigenvalue weighted by atomic mass is 9.90. The molecule has 1 aliphatic rings. The van der Waals surface area contributed by atoms with Crippen LogP contribution in [0.2, 0.25) is 0 Å². The van der Waals surface area contributed by atoms with Crippen molar-refractivity contribution >= 4 is 23.2 Å². The van der Waals surface area contributed by atoms with E-state index in [2.05, 4.69) is 37.2 Å². The van der Waals surface area contributed by atoms with Gasteiger partial charge in [0, 0.05) is 50.8 Å². The van der Waals surface area contributed by atoms with E-state index >= 15 is 0 Å². The van der Waals surface area contributed by atoms with Crippen LogP contribution in [0.1, 0.15) is 23.7 Å². The number of benzene rings is 1. The zero-order chi connectivity index (χ0) is 19.3. The van der Waals surface area contributed by atoms with Crippen molar-refractivity contribution in [3.63, 3.8) is 0 Å². The molecule has 1 aliphatic heterocycles. The Morgan fingerprint density at radius 1 is 1.21 bits per heavy atom. The molecule has 8 heteroatoms. The summed E-state index contributed by atoms with van der Waals surface area (Å²) < 4.78 is 1.98. The maximum atomic E-state index is 12.0. The number of pyridine rings is 1. The molecule has 0 saturated carbocycles. The van der Waals surface area contributed by atoms with E-state index in [-0.39, 0.29) is 11.8 Å². The van der Waals surface area contributed by atoms with Crippen LogP contribution in [0.15, 0.2) is 53.7 Å². The van der Waals surface area contributed by atoms with Gasteiger partial charge in [-0.2, -0.15) is 0 Å². The summed E-state index contributed by atoms with van der Waals surface area (Å²) in [5, 5.41) is 18.0. The zero-order valence-corrected chi connectivity index (χ0v) is 15.7. The van der Waals surface area contributed by atoms with Crippen LogP contribution in [0.3, 0.4) is 0 Å². The predicted molar refractivity (Wildman–Crippen MR) is 108 cm³/mol. The van der Waals surface area contributed by atoms with Crippen LogP contribution in [0.25, 0.3) is 5.65 Å². The van der Waals surface area contributed by atoms with Crippen molar-refractivity contribution in [3.05, 3.63) is 60.0 Å². The van der Waals surface area contributed by atoms with Gasteiger partial charge in [-0.25, -0.2) is 0 Å². The van der Waals surface area contributed by atoms with E-state index in [1.807, 2.05) is 47.0 Å². The van der Waals surface area contributed by atoms with Crippen LogP contribution in [0.5, 0.6) is 0 Å². The van der Waals surface area contributed by atoms with E-state index in [1.165, 1.54) is 0 Å². The Bertz CT molecular complexity index is 1010. The number of fused-ring (bicyclic) bond motifs is 2. The number of carbonyl (C=O) groups excluding carboxylic acids is 1. The first-order chi connectivity index (χ1) is 13.7. The Balaban J connectivity index is 1.32. The summed E-state index contributed by atoms with van der Waals surface area (Å²) in [6, 6.07) is 13.8. The quantitative estimate of drug-likeness (QED) is 0.463.